The van der Waals surface area contributed by atoms with Crippen LogP contribution in [0.15, 0.2) is 59.3 Å². The maximum atomic E-state index is 10.1. The van der Waals surface area contributed by atoms with Crippen molar-refractivity contribution in [3.8, 4) is 0 Å². The summed E-state index contributed by atoms with van der Waals surface area (Å²) in [6, 6.07) is 0. The predicted molar refractivity (Wildman–Crippen MR) is 184 cm³/mol. The zero-order valence-corrected chi connectivity index (χ0v) is 29.3. The fraction of sp³-hybridized carbons (Fsp3) is 0.750. The Morgan fingerprint density at radius 2 is 1.48 bits per heavy atom. The average Bonchev–Trinajstić information content (AvgIpc) is 2.84. The molecule has 0 aromatic carbocycles. The first kappa shape index (κ1) is 36.8. The minimum atomic E-state index is -0.287. The van der Waals surface area contributed by atoms with Crippen LogP contribution < -0.4 is 0 Å². The summed E-state index contributed by atoms with van der Waals surface area (Å²) in [7, 11) is 0. The molecule has 0 heterocycles. The van der Waals surface area contributed by atoms with E-state index in [2.05, 4.69) is 112 Å². The van der Waals surface area contributed by atoms with Gasteiger partial charge in [0, 0.05) is 5.92 Å². The van der Waals surface area contributed by atoms with E-state index >= 15 is 0 Å². The number of aliphatic hydroxyl groups excluding tert-OH is 2. The summed E-state index contributed by atoms with van der Waals surface area (Å²) in [4.78, 5) is 0. The summed E-state index contributed by atoms with van der Waals surface area (Å²) in [5.41, 5.74) is 4.25. The van der Waals surface area contributed by atoms with Crippen LogP contribution in [0.2, 0.25) is 0 Å². The van der Waals surface area contributed by atoms with Gasteiger partial charge in [0.25, 0.3) is 0 Å². The van der Waals surface area contributed by atoms with Gasteiger partial charge in [-0.15, -0.1) is 0 Å². The second-order valence-corrected chi connectivity index (χ2v) is 16.0. The van der Waals surface area contributed by atoms with Crippen molar-refractivity contribution in [2.24, 2.45) is 40.4 Å². The van der Waals surface area contributed by atoms with Crippen molar-refractivity contribution >= 4 is 0 Å². The Hall–Kier alpha value is -1.38. The fourth-order valence-corrected chi connectivity index (χ4v) is 7.61. The van der Waals surface area contributed by atoms with Crippen LogP contribution in [-0.2, 0) is 0 Å². The molecule has 2 rings (SSSR count). The molecule has 0 radical (unpaired) electrons. The molecule has 2 aliphatic carbocycles. The highest BCUT2D eigenvalue weighted by molar-refractivity contribution is 5.34. The molecular formula is C40H68O2. The Labute approximate surface area is 261 Å². The second-order valence-electron chi connectivity index (χ2n) is 16.0. The molecule has 0 fully saturated rings. The average molecular weight is 581 g/mol. The Morgan fingerprint density at radius 3 is 2.12 bits per heavy atom. The lowest BCUT2D eigenvalue weighted by molar-refractivity contribution is 0.116. The number of hydrogen-bond donors (Lipinski definition) is 2. The lowest BCUT2D eigenvalue weighted by atomic mass is 9.67. The molecule has 2 aliphatic rings. The van der Waals surface area contributed by atoms with E-state index in [0.717, 1.165) is 31.1 Å². The van der Waals surface area contributed by atoms with Crippen LogP contribution in [0.3, 0.4) is 0 Å². The van der Waals surface area contributed by atoms with Crippen molar-refractivity contribution < 1.29 is 10.2 Å². The van der Waals surface area contributed by atoms with Gasteiger partial charge in [0.2, 0.25) is 0 Å². The summed E-state index contributed by atoms with van der Waals surface area (Å²) in [5, 5.41) is 20.2. The van der Waals surface area contributed by atoms with Crippen LogP contribution >= 0.6 is 0 Å². The zero-order valence-electron chi connectivity index (χ0n) is 29.3. The molecule has 0 saturated carbocycles. The summed E-state index contributed by atoms with van der Waals surface area (Å²) in [5.74, 6) is 3.07. The maximum Gasteiger partial charge on any atom is 0.0729 e. The van der Waals surface area contributed by atoms with Gasteiger partial charge in [-0.05, 0) is 86.0 Å². The maximum absolute atomic E-state index is 10.1. The van der Waals surface area contributed by atoms with E-state index in [-0.39, 0.29) is 23.0 Å². The van der Waals surface area contributed by atoms with Crippen LogP contribution in [-0.4, -0.2) is 22.4 Å². The quantitative estimate of drug-likeness (QED) is 0.141. The molecule has 0 aromatic rings. The summed E-state index contributed by atoms with van der Waals surface area (Å²) < 4.78 is 0. The molecule has 0 bridgehead atoms. The second kappa shape index (κ2) is 17.2. The molecule has 240 valence electrons. The normalized spacial score (nSPS) is 27.5. The number of allylic oxidation sites excluding steroid dienone is 8. The van der Waals surface area contributed by atoms with Gasteiger partial charge in [0.1, 0.15) is 0 Å². The Bertz CT molecular complexity index is 958. The molecule has 0 saturated heterocycles. The van der Waals surface area contributed by atoms with E-state index in [9.17, 15) is 10.2 Å². The minimum absolute atomic E-state index is 0.0547. The van der Waals surface area contributed by atoms with Crippen molar-refractivity contribution in [3.63, 3.8) is 0 Å². The zero-order chi connectivity index (χ0) is 31.5. The molecule has 42 heavy (non-hydrogen) atoms. The predicted octanol–water partition coefficient (Wildman–Crippen LogP) is 11.2. The van der Waals surface area contributed by atoms with Crippen molar-refractivity contribution in [1.29, 1.82) is 0 Å². The van der Waals surface area contributed by atoms with Crippen LogP contribution in [0.1, 0.15) is 140 Å². The van der Waals surface area contributed by atoms with Gasteiger partial charge in [-0.3, -0.25) is 0 Å². The Balaban J connectivity index is 1.60. The van der Waals surface area contributed by atoms with Gasteiger partial charge in [0.05, 0.1) is 12.2 Å². The lowest BCUT2D eigenvalue weighted by Gasteiger charge is -2.39. The summed E-state index contributed by atoms with van der Waals surface area (Å²) >= 11 is 0. The number of hydrogen-bond acceptors (Lipinski definition) is 2. The Morgan fingerprint density at radius 1 is 0.833 bits per heavy atom. The molecule has 2 heteroatoms. The molecule has 0 aliphatic heterocycles. The monoisotopic (exact) mass is 581 g/mol. The molecule has 4 unspecified atom stereocenters. The number of unbranched alkanes of at least 4 members (excludes halogenated alkanes) is 1. The highest BCUT2D eigenvalue weighted by Crippen LogP contribution is 2.42. The molecule has 2 nitrogen and oxygen atoms in total. The van der Waals surface area contributed by atoms with E-state index < -0.39 is 0 Å². The van der Waals surface area contributed by atoms with E-state index in [1.54, 1.807) is 0 Å². The van der Waals surface area contributed by atoms with Crippen molar-refractivity contribution in [2.45, 2.75) is 152 Å². The molecule has 7 atom stereocenters. The third-order valence-corrected chi connectivity index (χ3v) is 10.2. The van der Waals surface area contributed by atoms with Gasteiger partial charge in [0.15, 0.2) is 0 Å². The Kier molecular flexibility index (Phi) is 15.1. The standard InChI is InChI=1S/C40H68O2/c1-29(17-13-19-31(3)21-23-37-33(5)25-35(41)27-39(37,7)8)15-11-12-16-30(2)18-14-20-32(4)22-24-38-34(6)26-36(42)28-40(38,9)10/h13,19,21-24,26,29-32,35-36,38,41-42H,11-12,14-18,20,25,27-28H2,1-10H3/b19-13+,23-21+,24-22+/t29?,30?,31?,32?,35-,36-,38-/m0/s1. The molecular weight excluding hydrogens is 512 g/mol. The van der Waals surface area contributed by atoms with E-state index in [1.165, 1.54) is 68.1 Å². The SMILES string of the molecule is CC1=C[C@H](O)CC(C)(C)[C@H]1/C=C/C(C)CCCC(C)CCCCC(C)C/C=C/C(C)/C=C/C1=C(C)C[C@H](O)CC1(C)C. The van der Waals surface area contributed by atoms with Crippen molar-refractivity contribution in [1.82, 2.24) is 0 Å². The van der Waals surface area contributed by atoms with Gasteiger partial charge in [-0.25, -0.2) is 0 Å². The first-order valence-electron chi connectivity index (χ1n) is 17.4. The van der Waals surface area contributed by atoms with Crippen molar-refractivity contribution in [2.75, 3.05) is 0 Å². The molecule has 0 amide bonds. The third-order valence-electron chi connectivity index (χ3n) is 10.2. The largest absolute Gasteiger partial charge is 0.393 e. The van der Waals surface area contributed by atoms with Gasteiger partial charge in [-0.1, -0.05) is 148 Å². The highest BCUT2D eigenvalue weighted by atomic mass is 16.3. The first-order valence-corrected chi connectivity index (χ1v) is 17.4. The highest BCUT2D eigenvalue weighted by Gasteiger charge is 2.34. The summed E-state index contributed by atoms with van der Waals surface area (Å²) in [6.07, 6.45) is 28.8. The first-order chi connectivity index (χ1) is 19.6. The summed E-state index contributed by atoms with van der Waals surface area (Å²) in [6.45, 7) is 22.9. The minimum Gasteiger partial charge on any atom is -0.393 e. The van der Waals surface area contributed by atoms with E-state index in [0.29, 0.717) is 17.8 Å². The van der Waals surface area contributed by atoms with Crippen LogP contribution in [0.5, 0.6) is 0 Å². The topological polar surface area (TPSA) is 40.5 Å². The van der Waals surface area contributed by atoms with Gasteiger partial charge >= 0.3 is 0 Å². The molecule has 0 aromatic heterocycles. The van der Waals surface area contributed by atoms with Crippen LogP contribution in [0, 0.1) is 40.4 Å². The smallest absolute Gasteiger partial charge is 0.0729 e. The number of aliphatic hydroxyl groups is 2. The number of rotatable bonds is 16. The third kappa shape index (κ3) is 12.7. The van der Waals surface area contributed by atoms with Crippen LogP contribution in [0.4, 0.5) is 0 Å². The molecule has 2 N–H and O–H groups in total. The van der Waals surface area contributed by atoms with Gasteiger partial charge < -0.3 is 10.2 Å². The van der Waals surface area contributed by atoms with Gasteiger partial charge in [-0.2, -0.15) is 0 Å². The molecule has 0 spiro atoms. The lowest BCUT2D eigenvalue weighted by Crippen LogP contribution is -2.32. The van der Waals surface area contributed by atoms with Crippen LogP contribution in [0.25, 0.3) is 0 Å². The van der Waals surface area contributed by atoms with E-state index in [4.69, 9.17) is 0 Å². The van der Waals surface area contributed by atoms with E-state index in [1.807, 2.05) is 0 Å². The fourth-order valence-electron chi connectivity index (χ4n) is 7.61. The van der Waals surface area contributed by atoms with Crippen molar-refractivity contribution in [3.05, 3.63) is 59.3 Å².